The summed E-state index contributed by atoms with van der Waals surface area (Å²) in [4.78, 5) is 18.3. The molecule has 19 heavy (non-hydrogen) atoms. The Morgan fingerprint density at radius 3 is 2.79 bits per heavy atom. The van der Waals surface area contributed by atoms with Gasteiger partial charge < -0.3 is 15.8 Å². The zero-order valence-electron chi connectivity index (χ0n) is 10.9. The van der Waals surface area contributed by atoms with E-state index in [9.17, 15) is 10.1 Å². The van der Waals surface area contributed by atoms with Gasteiger partial charge in [0.25, 0.3) is 5.88 Å². The minimum absolute atomic E-state index is 0.0577. The van der Waals surface area contributed by atoms with Crippen molar-refractivity contribution in [2.24, 2.45) is 11.7 Å². The minimum Gasteiger partial charge on any atom is -0.476 e. The summed E-state index contributed by atoms with van der Waals surface area (Å²) in [6.45, 7) is 2.32. The number of methoxy groups -OCH3 is 1. The number of rotatable bonds is 6. The normalized spacial score (nSPS) is 17.6. The third kappa shape index (κ3) is 2.58. The average Bonchev–Trinajstić information content (AvgIpc) is 3.22. The maximum absolute atomic E-state index is 11.1. The molecule has 1 aromatic heterocycles. The first-order valence-corrected chi connectivity index (χ1v) is 6.03. The second kappa shape index (κ2) is 4.96. The molecule has 104 valence electrons. The van der Waals surface area contributed by atoms with Crippen LogP contribution in [0.5, 0.6) is 5.88 Å². The van der Waals surface area contributed by atoms with Gasteiger partial charge in [-0.05, 0) is 25.7 Å². The van der Waals surface area contributed by atoms with Crippen LogP contribution < -0.4 is 15.8 Å². The minimum atomic E-state index is -0.551. The van der Waals surface area contributed by atoms with Crippen molar-refractivity contribution in [3.05, 3.63) is 16.4 Å². The van der Waals surface area contributed by atoms with Gasteiger partial charge in [0.15, 0.2) is 0 Å². The lowest BCUT2D eigenvalue weighted by Gasteiger charge is -2.29. The van der Waals surface area contributed by atoms with E-state index in [4.69, 9.17) is 10.5 Å². The average molecular weight is 267 g/mol. The number of hydrogen-bond donors (Lipinski definition) is 2. The number of nitrogens with two attached hydrogens (primary N) is 1. The van der Waals surface area contributed by atoms with Crippen molar-refractivity contribution in [3.63, 3.8) is 0 Å². The second-order valence-corrected chi connectivity index (χ2v) is 4.86. The number of anilines is 1. The highest BCUT2D eigenvalue weighted by Gasteiger charge is 2.42. The van der Waals surface area contributed by atoms with Gasteiger partial charge in [-0.3, -0.25) is 10.1 Å². The number of nitro groups is 1. The van der Waals surface area contributed by atoms with E-state index in [1.165, 1.54) is 13.4 Å². The molecule has 1 fully saturated rings. The van der Waals surface area contributed by atoms with Crippen molar-refractivity contribution in [1.29, 1.82) is 0 Å². The van der Waals surface area contributed by atoms with Crippen LogP contribution in [0.1, 0.15) is 19.8 Å². The van der Waals surface area contributed by atoms with Gasteiger partial charge in [0.05, 0.1) is 17.6 Å². The Balaban J connectivity index is 2.36. The molecule has 0 spiro atoms. The summed E-state index contributed by atoms with van der Waals surface area (Å²) in [5, 5.41) is 14.2. The molecule has 1 saturated carbocycles. The number of aromatic nitrogens is 2. The Hall–Kier alpha value is -1.96. The summed E-state index contributed by atoms with van der Waals surface area (Å²) in [7, 11) is 1.34. The molecule has 8 nitrogen and oxygen atoms in total. The predicted molar refractivity (Wildman–Crippen MR) is 69.0 cm³/mol. The highest BCUT2D eigenvalue weighted by Crippen LogP contribution is 2.42. The van der Waals surface area contributed by atoms with Gasteiger partial charge in [-0.1, -0.05) is 0 Å². The summed E-state index contributed by atoms with van der Waals surface area (Å²) >= 11 is 0. The molecule has 8 heteroatoms. The zero-order chi connectivity index (χ0) is 14.0. The standard InChI is InChI=1S/C11H17N5O3/c1-11(5-12,7-3-4-7)15-9-8(16(17)18)10(19-2)14-6-13-9/h6-7H,3-5,12H2,1-2H3,(H,13,14,15). The maximum atomic E-state index is 11.1. The Morgan fingerprint density at radius 1 is 1.63 bits per heavy atom. The van der Waals surface area contributed by atoms with Crippen molar-refractivity contribution in [1.82, 2.24) is 9.97 Å². The lowest BCUT2D eigenvalue weighted by molar-refractivity contribution is -0.385. The van der Waals surface area contributed by atoms with E-state index in [1.807, 2.05) is 6.92 Å². The van der Waals surface area contributed by atoms with Crippen molar-refractivity contribution in [2.75, 3.05) is 19.0 Å². The van der Waals surface area contributed by atoms with Crippen LogP contribution in [0.25, 0.3) is 0 Å². The largest absolute Gasteiger partial charge is 0.476 e. The summed E-state index contributed by atoms with van der Waals surface area (Å²) < 4.78 is 4.91. The lowest BCUT2D eigenvalue weighted by atomic mass is 9.96. The number of ether oxygens (including phenoxy) is 1. The van der Waals surface area contributed by atoms with Crippen molar-refractivity contribution < 1.29 is 9.66 Å². The molecular weight excluding hydrogens is 250 g/mol. The SMILES string of the molecule is COc1ncnc(NC(C)(CN)C2CC2)c1[N+](=O)[O-]. The Morgan fingerprint density at radius 2 is 2.32 bits per heavy atom. The third-order valence-electron chi connectivity index (χ3n) is 3.47. The van der Waals surface area contributed by atoms with Crippen LogP contribution in [-0.4, -0.2) is 34.1 Å². The van der Waals surface area contributed by atoms with Gasteiger partial charge in [0.2, 0.25) is 5.82 Å². The first-order valence-electron chi connectivity index (χ1n) is 6.03. The van der Waals surface area contributed by atoms with Crippen LogP contribution in [0.3, 0.4) is 0 Å². The molecular formula is C11H17N5O3. The molecule has 2 rings (SSSR count). The Labute approximate surface area is 110 Å². The fraction of sp³-hybridized carbons (Fsp3) is 0.636. The molecule has 0 saturated heterocycles. The summed E-state index contributed by atoms with van der Waals surface area (Å²) in [5.74, 6) is 0.507. The zero-order valence-corrected chi connectivity index (χ0v) is 10.9. The molecule has 0 radical (unpaired) electrons. The smallest absolute Gasteiger partial charge is 0.372 e. The van der Waals surface area contributed by atoms with Gasteiger partial charge in [-0.2, -0.15) is 4.98 Å². The number of hydrogen-bond acceptors (Lipinski definition) is 7. The molecule has 0 aliphatic heterocycles. The fourth-order valence-electron chi connectivity index (χ4n) is 2.08. The summed E-state index contributed by atoms with van der Waals surface area (Å²) in [6.07, 6.45) is 3.37. The van der Waals surface area contributed by atoms with Gasteiger partial charge in [-0.15, -0.1) is 0 Å². The molecule has 1 aromatic rings. The van der Waals surface area contributed by atoms with Crippen LogP contribution in [0.2, 0.25) is 0 Å². The molecule has 1 aliphatic carbocycles. The molecule has 3 N–H and O–H groups in total. The monoisotopic (exact) mass is 267 g/mol. The molecule has 1 unspecified atom stereocenters. The second-order valence-electron chi connectivity index (χ2n) is 4.86. The van der Waals surface area contributed by atoms with E-state index < -0.39 is 10.5 Å². The van der Waals surface area contributed by atoms with Crippen LogP contribution in [0.4, 0.5) is 11.5 Å². The quantitative estimate of drug-likeness (QED) is 0.581. The van der Waals surface area contributed by atoms with E-state index in [1.54, 1.807) is 0 Å². The molecule has 0 amide bonds. The van der Waals surface area contributed by atoms with Gasteiger partial charge >= 0.3 is 5.69 Å². The topological polar surface area (TPSA) is 116 Å². The van der Waals surface area contributed by atoms with Gasteiger partial charge in [0, 0.05) is 6.54 Å². The molecule has 0 bridgehead atoms. The molecule has 0 aromatic carbocycles. The van der Waals surface area contributed by atoms with Gasteiger partial charge in [0.1, 0.15) is 6.33 Å². The molecule has 1 heterocycles. The van der Waals surface area contributed by atoms with E-state index in [0.29, 0.717) is 12.5 Å². The number of nitrogens with zero attached hydrogens (tertiary/aromatic N) is 3. The highest BCUT2D eigenvalue weighted by molar-refractivity contribution is 5.62. The summed E-state index contributed by atoms with van der Waals surface area (Å²) in [5.41, 5.74) is 5.13. The van der Waals surface area contributed by atoms with Crippen molar-refractivity contribution in [2.45, 2.75) is 25.3 Å². The van der Waals surface area contributed by atoms with Crippen molar-refractivity contribution in [3.8, 4) is 5.88 Å². The van der Waals surface area contributed by atoms with E-state index in [-0.39, 0.29) is 17.4 Å². The van der Waals surface area contributed by atoms with E-state index in [0.717, 1.165) is 12.8 Å². The van der Waals surface area contributed by atoms with E-state index >= 15 is 0 Å². The van der Waals surface area contributed by atoms with Crippen LogP contribution in [-0.2, 0) is 0 Å². The van der Waals surface area contributed by atoms with Crippen LogP contribution in [0.15, 0.2) is 6.33 Å². The van der Waals surface area contributed by atoms with Crippen LogP contribution >= 0.6 is 0 Å². The Kier molecular flexibility index (Phi) is 3.52. The highest BCUT2D eigenvalue weighted by atomic mass is 16.6. The molecule has 1 aliphatic rings. The predicted octanol–water partition coefficient (Wildman–Crippen LogP) is 0.933. The third-order valence-corrected chi connectivity index (χ3v) is 3.47. The van der Waals surface area contributed by atoms with Crippen LogP contribution in [0, 0.1) is 16.0 Å². The van der Waals surface area contributed by atoms with E-state index in [2.05, 4.69) is 15.3 Å². The lowest BCUT2D eigenvalue weighted by Crippen LogP contribution is -2.45. The summed E-state index contributed by atoms with van der Waals surface area (Å²) in [6, 6.07) is 0. The van der Waals surface area contributed by atoms with Gasteiger partial charge in [-0.25, -0.2) is 4.98 Å². The fourth-order valence-corrected chi connectivity index (χ4v) is 2.08. The first-order chi connectivity index (χ1) is 9.01. The molecule has 1 atom stereocenters. The number of nitrogens with one attached hydrogen (secondary N) is 1. The first kappa shape index (κ1) is 13.5. The Bertz CT molecular complexity index is 491. The maximum Gasteiger partial charge on any atom is 0.372 e. The van der Waals surface area contributed by atoms with Crippen molar-refractivity contribution >= 4 is 11.5 Å².